The zero-order valence-corrected chi connectivity index (χ0v) is 20.7. The summed E-state index contributed by atoms with van der Waals surface area (Å²) in [5.74, 6) is 0. The molecule has 0 unspecified atom stereocenters. The molecular weight excluding hydrogens is 351 g/mol. The fraction of sp³-hybridized carbons (Fsp3) is 1.00. The molecule has 2 heteroatoms. The minimum absolute atomic E-state index is 1.26. The van der Waals surface area contributed by atoms with Crippen molar-refractivity contribution in [1.29, 1.82) is 0 Å². The molecule has 0 saturated carbocycles. The second-order valence-corrected chi connectivity index (χ2v) is 15.6. The predicted octanol–water partition coefficient (Wildman–Crippen LogP) is 9.66. The second-order valence-electron chi connectivity index (χ2n) is 8.78. The van der Waals surface area contributed by atoms with Gasteiger partial charge in [0, 0.05) is 0 Å². The van der Waals surface area contributed by atoms with Gasteiger partial charge in [-0.2, -0.15) is 0 Å². The summed E-state index contributed by atoms with van der Waals surface area (Å²) in [7, 11) is 0. The van der Waals surface area contributed by atoms with E-state index in [2.05, 4.69) is 20.8 Å². The Morgan fingerprint density at radius 2 is 0.615 bits per heavy atom. The minimum atomic E-state index is -1.26. The van der Waals surface area contributed by atoms with Crippen molar-refractivity contribution >= 4 is 18.7 Å². The van der Waals surface area contributed by atoms with Gasteiger partial charge in [0.15, 0.2) is 0 Å². The van der Waals surface area contributed by atoms with E-state index in [1.807, 2.05) is 0 Å². The zero-order chi connectivity index (χ0) is 19.3. The van der Waals surface area contributed by atoms with Crippen LogP contribution in [0.25, 0.3) is 0 Å². The van der Waals surface area contributed by atoms with Crippen LogP contribution in [0.3, 0.4) is 0 Å². The first kappa shape index (κ1) is 26.8. The van der Waals surface area contributed by atoms with E-state index in [0.29, 0.717) is 0 Å². The van der Waals surface area contributed by atoms with Gasteiger partial charge in [-0.15, -0.1) is 0 Å². The molecule has 0 aliphatic rings. The van der Waals surface area contributed by atoms with Gasteiger partial charge in [0.25, 0.3) is 0 Å². The molecule has 0 aliphatic carbocycles. The Hall–Kier alpha value is 0.780. The van der Waals surface area contributed by atoms with Crippen molar-refractivity contribution in [3.8, 4) is 0 Å². The van der Waals surface area contributed by atoms with Gasteiger partial charge in [-0.05, 0) is 0 Å². The van der Waals surface area contributed by atoms with E-state index in [0.717, 1.165) is 0 Å². The molecule has 0 saturated heterocycles. The molecule has 0 fully saturated rings. The molecule has 26 heavy (non-hydrogen) atoms. The topological polar surface area (TPSA) is 0 Å². The molecule has 0 spiro atoms. The second kappa shape index (κ2) is 20.5. The van der Waals surface area contributed by atoms with Crippen LogP contribution in [0, 0.1) is 0 Å². The molecule has 0 bridgehead atoms. The SMILES string of the molecule is CCCCCCCC[PH](S)(CCCCCCCC)CCCCCCCC. The van der Waals surface area contributed by atoms with E-state index in [1.165, 1.54) is 134 Å². The van der Waals surface area contributed by atoms with Crippen LogP contribution in [0.5, 0.6) is 0 Å². The number of thiol groups is 1. The maximum atomic E-state index is 5.39. The average Bonchev–Trinajstić information content (AvgIpc) is 2.64. The molecule has 0 radical (unpaired) electrons. The fourth-order valence-corrected chi connectivity index (χ4v) is 8.98. The van der Waals surface area contributed by atoms with Crippen LogP contribution in [0.15, 0.2) is 0 Å². The standard InChI is InChI=1S/C24H53PS/c1-4-7-10-13-16-19-22-25(26,23-20-17-14-11-8-5-2)24-21-18-15-12-9-6-3/h25-26H,4-24H2,1-3H3. The van der Waals surface area contributed by atoms with Gasteiger partial charge < -0.3 is 0 Å². The Balaban J connectivity index is 4.02. The number of rotatable bonds is 21. The van der Waals surface area contributed by atoms with Crippen LogP contribution < -0.4 is 0 Å². The Morgan fingerprint density at radius 3 is 0.885 bits per heavy atom. The van der Waals surface area contributed by atoms with Gasteiger partial charge in [0.1, 0.15) is 0 Å². The Kier molecular flexibility index (Phi) is 21.1. The first-order valence-corrected chi connectivity index (χ1v) is 16.3. The Bertz CT molecular complexity index is 226. The van der Waals surface area contributed by atoms with E-state index < -0.39 is 6.46 Å². The Labute approximate surface area is 173 Å². The van der Waals surface area contributed by atoms with Crippen molar-refractivity contribution in [2.75, 3.05) is 18.5 Å². The van der Waals surface area contributed by atoms with Crippen LogP contribution in [0.2, 0.25) is 0 Å². The third kappa shape index (κ3) is 18.2. The first-order chi connectivity index (χ1) is 12.7. The molecule has 0 nitrogen and oxygen atoms in total. The quantitative estimate of drug-likeness (QED) is 0.110. The summed E-state index contributed by atoms with van der Waals surface area (Å²) >= 11 is 5.39. The summed E-state index contributed by atoms with van der Waals surface area (Å²) in [6.07, 6.45) is 30.4. The summed E-state index contributed by atoms with van der Waals surface area (Å²) in [5.41, 5.74) is 0. The molecular formula is C24H53PS. The normalized spacial score (nSPS) is 12.6. The first-order valence-electron chi connectivity index (χ1n) is 12.4. The van der Waals surface area contributed by atoms with Gasteiger partial charge >= 0.3 is 174 Å². The van der Waals surface area contributed by atoms with Crippen LogP contribution in [-0.2, 0) is 0 Å². The van der Waals surface area contributed by atoms with Crippen molar-refractivity contribution in [1.82, 2.24) is 0 Å². The average molecular weight is 405 g/mol. The molecule has 160 valence electrons. The molecule has 0 heterocycles. The summed E-state index contributed by atoms with van der Waals surface area (Å²) in [6.45, 7) is 5.68. The monoisotopic (exact) mass is 404 g/mol. The summed E-state index contributed by atoms with van der Waals surface area (Å²) in [4.78, 5) is 0. The summed E-state index contributed by atoms with van der Waals surface area (Å²) in [5, 5.41) is 0. The van der Waals surface area contributed by atoms with Crippen LogP contribution in [0.4, 0.5) is 0 Å². The van der Waals surface area contributed by atoms with E-state index in [4.69, 9.17) is 12.2 Å². The van der Waals surface area contributed by atoms with E-state index >= 15 is 0 Å². The van der Waals surface area contributed by atoms with Crippen molar-refractivity contribution in [3.63, 3.8) is 0 Å². The van der Waals surface area contributed by atoms with E-state index in [9.17, 15) is 0 Å². The molecule has 0 aliphatic heterocycles. The molecule has 0 aromatic rings. The fourth-order valence-electron chi connectivity index (χ4n) is 4.08. The van der Waals surface area contributed by atoms with Gasteiger partial charge in [0.2, 0.25) is 0 Å². The predicted molar refractivity (Wildman–Crippen MR) is 132 cm³/mol. The molecule has 0 rings (SSSR count). The third-order valence-corrected chi connectivity index (χ3v) is 11.9. The Morgan fingerprint density at radius 1 is 0.385 bits per heavy atom. The van der Waals surface area contributed by atoms with Crippen LogP contribution >= 0.6 is 18.7 Å². The zero-order valence-electron chi connectivity index (χ0n) is 18.8. The molecule has 0 aromatic heterocycles. The van der Waals surface area contributed by atoms with Gasteiger partial charge in [-0.1, -0.05) is 0 Å². The van der Waals surface area contributed by atoms with Gasteiger partial charge in [-0.3, -0.25) is 0 Å². The van der Waals surface area contributed by atoms with Crippen LogP contribution in [-0.4, -0.2) is 18.5 Å². The van der Waals surface area contributed by atoms with Gasteiger partial charge in [0.05, 0.1) is 0 Å². The van der Waals surface area contributed by atoms with Crippen LogP contribution in [0.1, 0.15) is 136 Å². The van der Waals surface area contributed by atoms with Crippen molar-refractivity contribution in [2.24, 2.45) is 0 Å². The van der Waals surface area contributed by atoms with Crippen molar-refractivity contribution in [3.05, 3.63) is 0 Å². The third-order valence-electron chi connectivity index (χ3n) is 5.99. The molecule has 0 amide bonds. The summed E-state index contributed by atoms with van der Waals surface area (Å²) in [6, 6.07) is 0. The molecule has 0 aromatic carbocycles. The maximum absolute atomic E-state index is 5.39. The van der Waals surface area contributed by atoms with E-state index in [-0.39, 0.29) is 0 Å². The molecule has 0 atom stereocenters. The summed E-state index contributed by atoms with van der Waals surface area (Å²) < 4.78 is 0. The number of hydrogen-bond acceptors (Lipinski definition) is 1. The number of unbranched alkanes of at least 4 members (excludes halogenated alkanes) is 15. The molecule has 0 N–H and O–H groups in total. The van der Waals surface area contributed by atoms with Crippen molar-refractivity contribution < 1.29 is 0 Å². The van der Waals surface area contributed by atoms with Gasteiger partial charge in [-0.25, -0.2) is 0 Å². The van der Waals surface area contributed by atoms with Crippen molar-refractivity contribution in [2.45, 2.75) is 136 Å². The number of hydrogen-bond donors (Lipinski definition) is 1. The van der Waals surface area contributed by atoms with E-state index in [1.54, 1.807) is 0 Å².